The molecule has 0 aromatic carbocycles. The van der Waals surface area contributed by atoms with Crippen LogP contribution in [0.5, 0.6) is 0 Å². The lowest BCUT2D eigenvalue weighted by atomic mass is 9.91. The van der Waals surface area contributed by atoms with Crippen molar-refractivity contribution in [1.82, 2.24) is 0 Å². The Morgan fingerprint density at radius 3 is 2.92 bits per heavy atom. The second-order valence-electron chi connectivity index (χ2n) is 4.38. The van der Waals surface area contributed by atoms with Gasteiger partial charge in [-0.3, -0.25) is 0 Å². The lowest BCUT2D eigenvalue weighted by Gasteiger charge is -2.36. The summed E-state index contributed by atoms with van der Waals surface area (Å²) in [5.74, 6) is 0. The van der Waals surface area contributed by atoms with Crippen LogP contribution in [-0.2, 0) is 4.74 Å². The molecule has 0 amide bonds. The number of hydrogen-bond acceptors (Lipinski definition) is 1. The molecule has 0 aromatic heterocycles. The third-order valence-electron chi connectivity index (χ3n) is 3.10. The minimum atomic E-state index is 0.155. The number of ether oxygens (including phenoxy) is 1. The normalized spacial score (nSPS) is 41.8. The van der Waals surface area contributed by atoms with Crippen LogP contribution in [0.1, 0.15) is 46.0 Å². The van der Waals surface area contributed by atoms with Gasteiger partial charge < -0.3 is 4.74 Å². The summed E-state index contributed by atoms with van der Waals surface area (Å²) in [5.41, 5.74) is 1.67. The molecule has 2 aliphatic rings. The van der Waals surface area contributed by atoms with Gasteiger partial charge in [-0.25, -0.2) is 0 Å². The van der Waals surface area contributed by atoms with Crippen LogP contribution in [-0.4, -0.2) is 11.7 Å². The van der Waals surface area contributed by atoms with Gasteiger partial charge in [-0.05, 0) is 46.0 Å². The lowest BCUT2D eigenvalue weighted by molar-refractivity contribution is -0.0900. The van der Waals surface area contributed by atoms with Gasteiger partial charge >= 0.3 is 0 Å². The summed E-state index contributed by atoms with van der Waals surface area (Å²) in [4.78, 5) is 0. The highest BCUT2D eigenvalue weighted by Gasteiger charge is 2.36. The molecular weight excluding hydrogens is 148 g/mol. The van der Waals surface area contributed by atoms with Crippen LogP contribution in [0.25, 0.3) is 0 Å². The van der Waals surface area contributed by atoms with E-state index in [0.29, 0.717) is 6.10 Å². The molecule has 1 aliphatic heterocycles. The molecule has 1 fully saturated rings. The highest BCUT2D eigenvalue weighted by atomic mass is 16.5. The zero-order valence-corrected chi connectivity index (χ0v) is 8.10. The van der Waals surface area contributed by atoms with Crippen LogP contribution in [0, 0.1) is 0 Å². The van der Waals surface area contributed by atoms with Crippen molar-refractivity contribution in [3.8, 4) is 0 Å². The van der Waals surface area contributed by atoms with Crippen molar-refractivity contribution in [2.75, 3.05) is 0 Å². The number of hydrogen-bond donors (Lipinski definition) is 0. The molecule has 2 atom stereocenters. The van der Waals surface area contributed by atoms with E-state index in [1.54, 1.807) is 0 Å². The summed E-state index contributed by atoms with van der Waals surface area (Å²) in [6.45, 7) is 4.42. The Morgan fingerprint density at radius 1 is 1.50 bits per heavy atom. The van der Waals surface area contributed by atoms with Crippen molar-refractivity contribution < 1.29 is 4.74 Å². The largest absolute Gasteiger partial charge is 0.368 e. The van der Waals surface area contributed by atoms with Crippen molar-refractivity contribution in [2.24, 2.45) is 0 Å². The maximum absolute atomic E-state index is 6.03. The summed E-state index contributed by atoms with van der Waals surface area (Å²) in [6.07, 6.45) is 9.13. The molecule has 0 bridgehead atoms. The topological polar surface area (TPSA) is 9.23 Å². The highest BCUT2D eigenvalue weighted by molar-refractivity contribution is 5.18. The second kappa shape index (κ2) is 2.88. The maximum atomic E-state index is 6.03. The average molecular weight is 166 g/mol. The Labute approximate surface area is 74.8 Å². The minimum Gasteiger partial charge on any atom is -0.368 e. The summed E-state index contributed by atoms with van der Waals surface area (Å²) < 4.78 is 6.03. The zero-order valence-electron chi connectivity index (χ0n) is 8.10. The SMILES string of the molecule is CC1=CC2(CCCC(C)O2)CC1. The van der Waals surface area contributed by atoms with Gasteiger partial charge in [0, 0.05) is 0 Å². The summed E-state index contributed by atoms with van der Waals surface area (Å²) in [5, 5.41) is 0. The van der Waals surface area contributed by atoms with E-state index in [4.69, 9.17) is 4.74 Å². The smallest absolute Gasteiger partial charge is 0.0871 e. The molecule has 2 unspecified atom stereocenters. The predicted octanol–water partition coefficient (Wildman–Crippen LogP) is 3.05. The van der Waals surface area contributed by atoms with Crippen molar-refractivity contribution in [3.63, 3.8) is 0 Å². The van der Waals surface area contributed by atoms with E-state index in [0.717, 1.165) is 0 Å². The standard InChI is InChI=1S/C11H18O/c1-9-5-7-11(8-9)6-3-4-10(2)12-11/h8,10H,3-7H2,1-2H3. The van der Waals surface area contributed by atoms with E-state index in [-0.39, 0.29) is 5.60 Å². The fraction of sp³-hybridized carbons (Fsp3) is 0.818. The van der Waals surface area contributed by atoms with Gasteiger partial charge in [-0.15, -0.1) is 0 Å². The first-order valence-corrected chi connectivity index (χ1v) is 5.06. The molecule has 1 heterocycles. The van der Waals surface area contributed by atoms with Crippen LogP contribution in [0.15, 0.2) is 11.6 Å². The Morgan fingerprint density at radius 2 is 2.33 bits per heavy atom. The van der Waals surface area contributed by atoms with Gasteiger partial charge in [0.2, 0.25) is 0 Å². The Kier molecular flexibility index (Phi) is 1.99. The van der Waals surface area contributed by atoms with Crippen LogP contribution in [0.2, 0.25) is 0 Å². The van der Waals surface area contributed by atoms with Crippen LogP contribution in [0.4, 0.5) is 0 Å². The van der Waals surface area contributed by atoms with Crippen molar-refractivity contribution in [3.05, 3.63) is 11.6 Å². The Hall–Kier alpha value is -0.300. The number of allylic oxidation sites excluding steroid dienone is 1. The van der Waals surface area contributed by atoms with Crippen LogP contribution < -0.4 is 0 Å². The summed E-state index contributed by atoms with van der Waals surface area (Å²) in [6, 6.07) is 0. The van der Waals surface area contributed by atoms with Gasteiger partial charge in [0.25, 0.3) is 0 Å². The van der Waals surface area contributed by atoms with E-state index in [9.17, 15) is 0 Å². The highest BCUT2D eigenvalue weighted by Crippen LogP contribution is 2.39. The number of rotatable bonds is 0. The quantitative estimate of drug-likeness (QED) is 0.502. The molecule has 1 saturated heterocycles. The van der Waals surface area contributed by atoms with Gasteiger partial charge in [-0.2, -0.15) is 0 Å². The average Bonchev–Trinajstić information content (AvgIpc) is 2.32. The van der Waals surface area contributed by atoms with Gasteiger partial charge in [-0.1, -0.05) is 11.6 Å². The summed E-state index contributed by atoms with van der Waals surface area (Å²) >= 11 is 0. The van der Waals surface area contributed by atoms with Crippen molar-refractivity contribution in [2.45, 2.75) is 57.7 Å². The molecule has 2 rings (SSSR count). The molecule has 0 radical (unpaired) electrons. The lowest BCUT2D eigenvalue weighted by Crippen LogP contribution is -2.36. The van der Waals surface area contributed by atoms with E-state index >= 15 is 0 Å². The van der Waals surface area contributed by atoms with Crippen LogP contribution >= 0.6 is 0 Å². The van der Waals surface area contributed by atoms with E-state index < -0.39 is 0 Å². The first-order chi connectivity index (χ1) is 5.70. The third kappa shape index (κ3) is 1.42. The molecule has 1 heteroatoms. The molecule has 0 saturated carbocycles. The zero-order chi connectivity index (χ0) is 8.60. The molecule has 0 aromatic rings. The Bertz CT molecular complexity index is 207. The minimum absolute atomic E-state index is 0.155. The maximum Gasteiger partial charge on any atom is 0.0871 e. The molecular formula is C11H18O. The molecule has 0 N–H and O–H groups in total. The third-order valence-corrected chi connectivity index (χ3v) is 3.10. The first-order valence-electron chi connectivity index (χ1n) is 5.06. The van der Waals surface area contributed by atoms with E-state index in [1.807, 2.05) is 0 Å². The van der Waals surface area contributed by atoms with Crippen molar-refractivity contribution >= 4 is 0 Å². The Balaban J connectivity index is 2.10. The fourth-order valence-electron chi connectivity index (χ4n) is 2.50. The molecule has 1 nitrogen and oxygen atoms in total. The summed E-state index contributed by atoms with van der Waals surface area (Å²) in [7, 11) is 0. The molecule has 68 valence electrons. The van der Waals surface area contributed by atoms with Gasteiger partial charge in [0.1, 0.15) is 0 Å². The predicted molar refractivity (Wildman–Crippen MR) is 50.1 cm³/mol. The van der Waals surface area contributed by atoms with E-state index in [1.165, 1.54) is 37.7 Å². The van der Waals surface area contributed by atoms with Gasteiger partial charge in [0.15, 0.2) is 0 Å². The molecule has 12 heavy (non-hydrogen) atoms. The molecule has 1 aliphatic carbocycles. The first kappa shape index (κ1) is 8.31. The fourth-order valence-corrected chi connectivity index (χ4v) is 2.50. The van der Waals surface area contributed by atoms with Crippen LogP contribution in [0.3, 0.4) is 0 Å². The second-order valence-corrected chi connectivity index (χ2v) is 4.38. The van der Waals surface area contributed by atoms with Gasteiger partial charge in [0.05, 0.1) is 11.7 Å². The monoisotopic (exact) mass is 166 g/mol. The van der Waals surface area contributed by atoms with E-state index in [2.05, 4.69) is 19.9 Å². The molecule has 1 spiro atoms. The van der Waals surface area contributed by atoms with Crippen molar-refractivity contribution in [1.29, 1.82) is 0 Å².